The monoisotopic (exact) mass is 814 g/mol. The van der Waals surface area contributed by atoms with Gasteiger partial charge in [-0.05, 0) is 116 Å². The third kappa shape index (κ3) is 6.52. The van der Waals surface area contributed by atoms with Gasteiger partial charge in [-0.25, -0.2) is 0 Å². The van der Waals surface area contributed by atoms with Gasteiger partial charge in [-0.1, -0.05) is 194 Å². The molecule has 12 rings (SSSR count). The first-order valence-electron chi connectivity index (χ1n) is 22.0. The van der Waals surface area contributed by atoms with Crippen molar-refractivity contribution < 1.29 is 0 Å². The Morgan fingerprint density at radius 3 is 1.59 bits per heavy atom. The number of hydrogen-bond acceptors (Lipinski definition) is 1. The van der Waals surface area contributed by atoms with Gasteiger partial charge < -0.3 is 9.47 Å². The summed E-state index contributed by atoms with van der Waals surface area (Å²) in [6.45, 7) is 0. The highest BCUT2D eigenvalue weighted by molar-refractivity contribution is 6.10. The van der Waals surface area contributed by atoms with E-state index in [1.54, 1.807) is 0 Å². The van der Waals surface area contributed by atoms with Gasteiger partial charge in [0, 0.05) is 33.1 Å². The summed E-state index contributed by atoms with van der Waals surface area (Å²) in [7, 11) is 0. The van der Waals surface area contributed by atoms with E-state index in [-0.39, 0.29) is 0 Å². The Balaban J connectivity index is 1.08. The van der Waals surface area contributed by atoms with Crippen LogP contribution in [0.15, 0.2) is 255 Å². The molecule has 0 saturated heterocycles. The maximum Gasteiger partial charge on any atom is 0.0541 e. The fourth-order valence-corrected chi connectivity index (χ4v) is 9.75. The standard InChI is InChI=1S/C62H42N2/c1-3-18-43(19-4-1)49-39-50(42-52(41-49)64-60-32-15-12-29-57(60)58-30-13-16-33-61(58)64)47-24-17-25-51(40-47)63(59-31-14-11-26-54(59)45-21-5-2-6-22-45)62-37-36-53(55-27-9-10-28-56(55)62)48-35-34-44-20-7-8-23-46(44)38-48/h1-42H. The van der Waals surface area contributed by atoms with E-state index in [0.29, 0.717) is 0 Å². The van der Waals surface area contributed by atoms with E-state index < -0.39 is 0 Å². The molecule has 1 heterocycles. The zero-order valence-corrected chi connectivity index (χ0v) is 35.1. The average molecular weight is 815 g/mol. The van der Waals surface area contributed by atoms with Crippen molar-refractivity contribution >= 4 is 60.4 Å². The van der Waals surface area contributed by atoms with Crippen molar-refractivity contribution in [3.05, 3.63) is 255 Å². The van der Waals surface area contributed by atoms with Crippen LogP contribution in [0.4, 0.5) is 17.1 Å². The minimum atomic E-state index is 1.08. The number of rotatable bonds is 8. The summed E-state index contributed by atoms with van der Waals surface area (Å²) in [5.41, 5.74) is 16.2. The number of nitrogens with zero attached hydrogens (tertiary/aromatic N) is 2. The quantitative estimate of drug-likeness (QED) is 0.148. The lowest BCUT2D eigenvalue weighted by Gasteiger charge is -2.30. The van der Waals surface area contributed by atoms with Crippen LogP contribution in [0.1, 0.15) is 0 Å². The number of hydrogen-bond donors (Lipinski definition) is 0. The van der Waals surface area contributed by atoms with Crippen molar-refractivity contribution in [1.82, 2.24) is 4.57 Å². The Morgan fingerprint density at radius 1 is 0.266 bits per heavy atom. The highest BCUT2D eigenvalue weighted by Gasteiger charge is 2.22. The van der Waals surface area contributed by atoms with Gasteiger partial charge in [0.05, 0.1) is 22.4 Å². The van der Waals surface area contributed by atoms with E-state index in [1.165, 1.54) is 71.2 Å². The molecule has 300 valence electrons. The van der Waals surface area contributed by atoms with Crippen LogP contribution in [-0.2, 0) is 0 Å². The molecule has 0 unspecified atom stereocenters. The maximum atomic E-state index is 2.47. The number of para-hydroxylation sites is 3. The van der Waals surface area contributed by atoms with Crippen molar-refractivity contribution in [2.24, 2.45) is 0 Å². The molecule has 0 saturated carbocycles. The van der Waals surface area contributed by atoms with Crippen LogP contribution in [0.25, 0.3) is 93.5 Å². The summed E-state index contributed by atoms with van der Waals surface area (Å²) in [4.78, 5) is 2.47. The lowest BCUT2D eigenvalue weighted by molar-refractivity contribution is 1.18. The zero-order chi connectivity index (χ0) is 42.4. The van der Waals surface area contributed by atoms with Gasteiger partial charge in [0.15, 0.2) is 0 Å². The van der Waals surface area contributed by atoms with E-state index in [2.05, 4.69) is 264 Å². The van der Waals surface area contributed by atoms with Crippen molar-refractivity contribution in [3.63, 3.8) is 0 Å². The van der Waals surface area contributed by atoms with E-state index in [0.717, 1.165) is 39.4 Å². The molecule has 2 heteroatoms. The first-order chi connectivity index (χ1) is 31.7. The summed E-state index contributed by atoms with van der Waals surface area (Å²) in [6, 6.07) is 92.9. The van der Waals surface area contributed by atoms with Gasteiger partial charge in [-0.3, -0.25) is 0 Å². The van der Waals surface area contributed by atoms with Gasteiger partial charge in [-0.2, -0.15) is 0 Å². The van der Waals surface area contributed by atoms with Crippen molar-refractivity contribution in [2.45, 2.75) is 0 Å². The number of aromatic nitrogens is 1. The molecule has 0 aliphatic rings. The molecule has 0 fully saturated rings. The fourth-order valence-electron chi connectivity index (χ4n) is 9.75. The second-order valence-corrected chi connectivity index (χ2v) is 16.5. The highest BCUT2D eigenvalue weighted by atomic mass is 15.1. The second kappa shape index (κ2) is 15.8. The molecule has 0 aliphatic heterocycles. The van der Waals surface area contributed by atoms with Crippen LogP contribution in [-0.4, -0.2) is 4.57 Å². The minimum Gasteiger partial charge on any atom is -0.309 e. The van der Waals surface area contributed by atoms with Crippen LogP contribution >= 0.6 is 0 Å². The van der Waals surface area contributed by atoms with E-state index >= 15 is 0 Å². The predicted octanol–water partition coefficient (Wildman–Crippen LogP) is 17.2. The lowest BCUT2D eigenvalue weighted by Crippen LogP contribution is -2.12. The second-order valence-electron chi connectivity index (χ2n) is 16.5. The Kier molecular flexibility index (Phi) is 9.20. The molecule has 0 N–H and O–H groups in total. The third-order valence-corrected chi connectivity index (χ3v) is 12.7. The summed E-state index contributed by atoms with van der Waals surface area (Å²) in [5, 5.41) is 7.37. The SMILES string of the molecule is c1ccc(-c2cc(-c3cccc(N(c4ccccc4-c4ccccc4)c4ccc(-c5ccc6ccccc6c5)c5ccccc45)c3)cc(-n3c4ccccc4c4ccccc43)c2)cc1. The van der Waals surface area contributed by atoms with Crippen LogP contribution < -0.4 is 4.90 Å². The Bertz CT molecular complexity index is 3620. The fraction of sp³-hybridized carbons (Fsp3) is 0. The molecule has 12 aromatic rings. The molecular weight excluding hydrogens is 773 g/mol. The van der Waals surface area contributed by atoms with Crippen LogP contribution in [0, 0.1) is 0 Å². The predicted molar refractivity (Wildman–Crippen MR) is 272 cm³/mol. The zero-order valence-electron chi connectivity index (χ0n) is 35.1. The minimum absolute atomic E-state index is 1.08. The van der Waals surface area contributed by atoms with E-state index in [1.807, 2.05) is 0 Å². The molecule has 2 nitrogen and oxygen atoms in total. The molecule has 0 atom stereocenters. The summed E-state index contributed by atoms with van der Waals surface area (Å²) >= 11 is 0. The Morgan fingerprint density at radius 2 is 0.844 bits per heavy atom. The van der Waals surface area contributed by atoms with Gasteiger partial charge in [0.2, 0.25) is 0 Å². The highest BCUT2D eigenvalue weighted by Crippen LogP contribution is 2.46. The number of benzene rings is 11. The molecule has 0 aliphatic carbocycles. The van der Waals surface area contributed by atoms with Gasteiger partial charge >= 0.3 is 0 Å². The van der Waals surface area contributed by atoms with Gasteiger partial charge in [0.25, 0.3) is 0 Å². The third-order valence-electron chi connectivity index (χ3n) is 12.7. The van der Waals surface area contributed by atoms with Crippen molar-refractivity contribution in [2.75, 3.05) is 4.90 Å². The molecule has 0 bridgehead atoms. The number of fused-ring (bicyclic) bond motifs is 5. The topological polar surface area (TPSA) is 8.17 Å². The molecular formula is C62H42N2. The van der Waals surface area contributed by atoms with Crippen LogP contribution in [0.5, 0.6) is 0 Å². The van der Waals surface area contributed by atoms with E-state index in [4.69, 9.17) is 0 Å². The maximum absolute atomic E-state index is 2.47. The molecule has 64 heavy (non-hydrogen) atoms. The molecule has 0 amide bonds. The largest absolute Gasteiger partial charge is 0.309 e. The van der Waals surface area contributed by atoms with E-state index in [9.17, 15) is 0 Å². The summed E-state index contributed by atoms with van der Waals surface area (Å²) < 4.78 is 2.43. The molecule has 11 aromatic carbocycles. The first-order valence-corrected chi connectivity index (χ1v) is 22.0. The Hall–Kier alpha value is -8.46. The lowest BCUT2D eigenvalue weighted by atomic mass is 9.94. The van der Waals surface area contributed by atoms with Gasteiger partial charge in [-0.15, -0.1) is 0 Å². The van der Waals surface area contributed by atoms with Crippen LogP contribution in [0.2, 0.25) is 0 Å². The van der Waals surface area contributed by atoms with Crippen LogP contribution in [0.3, 0.4) is 0 Å². The summed E-state index contributed by atoms with van der Waals surface area (Å²) in [5.74, 6) is 0. The average Bonchev–Trinajstić information content (AvgIpc) is 3.71. The molecule has 0 radical (unpaired) electrons. The van der Waals surface area contributed by atoms with Gasteiger partial charge in [0.1, 0.15) is 0 Å². The summed E-state index contributed by atoms with van der Waals surface area (Å²) in [6.07, 6.45) is 0. The smallest absolute Gasteiger partial charge is 0.0541 e. The first kappa shape index (κ1) is 37.3. The number of anilines is 3. The molecule has 0 spiro atoms. The molecule has 1 aromatic heterocycles. The van der Waals surface area contributed by atoms with Crippen molar-refractivity contribution in [1.29, 1.82) is 0 Å². The Labute approximate surface area is 373 Å². The normalized spacial score (nSPS) is 11.4. The van der Waals surface area contributed by atoms with Crippen molar-refractivity contribution in [3.8, 4) is 50.2 Å².